The van der Waals surface area contributed by atoms with E-state index < -0.39 is 0 Å². The van der Waals surface area contributed by atoms with Crippen molar-refractivity contribution in [1.29, 1.82) is 0 Å². The number of nitrogens with two attached hydrogens (primary N) is 1. The molecule has 5 heteroatoms. The Balaban J connectivity index is 2.75. The summed E-state index contributed by atoms with van der Waals surface area (Å²) in [7, 11) is 0. The van der Waals surface area contributed by atoms with Crippen molar-refractivity contribution in [3.8, 4) is 5.75 Å². The average molecular weight is 344 g/mol. The smallest absolute Gasteiger partial charge is 0.344 e. The first-order valence-corrected chi connectivity index (χ1v) is 7.58. The van der Waals surface area contributed by atoms with Crippen LogP contribution in [0.1, 0.15) is 32.8 Å². The lowest BCUT2D eigenvalue weighted by Gasteiger charge is -2.16. The second kappa shape index (κ2) is 8.27. The van der Waals surface area contributed by atoms with E-state index in [1.54, 1.807) is 0 Å². The summed E-state index contributed by atoms with van der Waals surface area (Å²) in [5.41, 5.74) is 6.98. The summed E-state index contributed by atoms with van der Waals surface area (Å²) in [6.07, 6.45) is 1.46. The molecule has 20 heavy (non-hydrogen) atoms. The quantitative estimate of drug-likeness (QED) is 0.773. The maximum atomic E-state index is 11.5. The zero-order valence-electron chi connectivity index (χ0n) is 12.2. The maximum Gasteiger partial charge on any atom is 0.344 e. The first-order valence-electron chi connectivity index (χ1n) is 6.79. The largest absolute Gasteiger partial charge is 0.480 e. The van der Waals surface area contributed by atoms with Gasteiger partial charge in [-0.3, -0.25) is 0 Å². The minimum Gasteiger partial charge on any atom is -0.480 e. The summed E-state index contributed by atoms with van der Waals surface area (Å²) in [6.45, 7) is 5.56. The van der Waals surface area contributed by atoms with Gasteiger partial charge in [-0.05, 0) is 54.2 Å². The molecule has 2 N–H and O–H groups in total. The van der Waals surface area contributed by atoms with Crippen molar-refractivity contribution in [3.63, 3.8) is 0 Å². The highest BCUT2D eigenvalue weighted by atomic mass is 79.9. The number of hydrogen-bond acceptors (Lipinski definition) is 4. The van der Waals surface area contributed by atoms with Gasteiger partial charge in [-0.15, -0.1) is 0 Å². The number of carbonyl (C=O) groups excluding carboxylic acids is 1. The van der Waals surface area contributed by atoms with Crippen LogP contribution in [-0.2, 0) is 16.0 Å². The van der Waals surface area contributed by atoms with Crippen LogP contribution < -0.4 is 10.5 Å². The molecule has 1 atom stereocenters. The molecule has 4 nitrogen and oxygen atoms in total. The summed E-state index contributed by atoms with van der Waals surface area (Å²) in [6, 6.07) is 5.85. The molecule has 0 saturated carbocycles. The number of rotatable bonds is 7. The van der Waals surface area contributed by atoms with Gasteiger partial charge in [0.1, 0.15) is 5.75 Å². The lowest BCUT2D eigenvalue weighted by molar-refractivity contribution is -0.149. The third kappa shape index (κ3) is 5.51. The number of benzene rings is 1. The third-order valence-corrected chi connectivity index (χ3v) is 3.38. The van der Waals surface area contributed by atoms with E-state index in [-0.39, 0.29) is 24.7 Å². The van der Waals surface area contributed by atoms with Gasteiger partial charge in [-0.2, -0.15) is 0 Å². The summed E-state index contributed by atoms with van der Waals surface area (Å²) < 4.78 is 11.5. The molecule has 1 aromatic rings. The lowest BCUT2D eigenvalue weighted by atomic mass is 10.0. The normalized spacial score (nSPS) is 12.3. The minimum atomic E-state index is -0.374. The zero-order chi connectivity index (χ0) is 15.1. The molecular formula is C15H22BrNO3. The van der Waals surface area contributed by atoms with E-state index in [4.69, 9.17) is 15.2 Å². The first-order chi connectivity index (χ1) is 9.43. The van der Waals surface area contributed by atoms with Gasteiger partial charge in [0.15, 0.2) is 6.61 Å². The van der Waals surface area contributed by atoms with Crippen molar-refractivity contribution in [1.82, 2.24) is 0 Å². The molecule has 0 radical (unpaired) electrons. The monoisotopic (exact) mass is 343 g/mol. The van der Waals surface area contributed by atoms with E-state index in [9.17, 15) is 4.79 Å². The van der Waals surface area contributed by atoms with Crippen molar-refractivity contribution in [3.05, 3.63) is 28.2 Å². The van der Waals surface area contributed by atoms with Crippen LogP contribution in [0.5, 0.6) is 5.75 Å². The van der Waals surface area contributed by atoms with Crippen molar-refractivity contribution in [2.24, 2.45) is 5.73 Å². The van der Waals surface area contributed by atoms with Gasteiger partial charge < -0.3 is 15.2 Å². The molecule has 0 aliphatic heterocycles. The Morgan fingerprint density at radius 2 is 2.10 bits per heavy atom. The van der Waals surface area contributed by atoms with Gasteiger partial charge in [-0.1, -0.05) is 19.1 Å². The second-order valence-electron chi connectivity index (χ2n) is 4.93. The second-order valence-corrected chi connectivity index (χ2v) is 5.78. The highest BCUT2D eigenvalue weighted by Gasteiger charge is 2.13. The number of hydrogen-bond donors (Lipinski definition) is 1. The molecule has 112 valence electrons. The Labute approximate surface area is 128 Å². The highest BCUT2D eigenvalue weighted by Crippen LogP contribution is 2.30. The molecule has 0 saturated heterocycles. The van der Waals surface area contributed by atoms with Gasteiger partial charge in [0.2, 0.25) is 0 Å². The first kappa shape index (κ1) is 17.0. The van der Waals surface area contributed by atoms with Crippen molar-refractivity contribution in [2.75, 3.05) is 6.61 Å². The lowest BCUT2D eigenvalue weighted by Crippen LogP contribution is -2.23. The molecule has 0 aliphatic rings. The maximum absolute atomic E-state index is 11.5. The standard InChI is InChI=1S/C15H22BrNO3/c1-4-12(17)8-11-6-5-7-13(16)15(11)19-9-14(18)20-10(2)3/h5-7,10,12H,4,8-9,17H2,1-3H3. The van der Waals surface area contributed by atoms with Gasteiger partial charge in [0.05, 0.1) is 10.6 Å². The number of ether oxygens (including phenoxy) is 2. The predicted octanol–water partition coefficient (Wildman–Crippen LogP) is 3.06. The molecule has 1 unspecified atom stereocenters. The number of para-hydroxylation sites is 1. The van der Waals surface area contributed by atoms with Crippen LogP contribution >= 0.6 is 15.9 Å². The summed E-state index contributed by atoms with van der Waals surface area (Å²) in [4.78, 5) is 11.5. The number of carbonyl (C=O) groups is 1. The van der Waals surface area contributed by atoms with Crippen molar-refractivity contribution < 1.29 is 14.3 Å². The average Bonchev–Trinajstić information content (AvgIpc) is 2.37. The molecular weight excluding hydrogens is 322 g/mol. The minimum absolute atomic E-state index is 0.0780. The third-order valence-electron chi connectivity index (χ3n) is 2.76. The number of esters is 1. The van der Waals surface area contributed by atoms with Crippen LogP contribution in [0.3, 0.4) is 0 Å². The molecule has 0 fully saturated rings. The Morgan fingerprint density at radius 3 is 2.70 bits per heavy atom. The molecule has 0 aliphatic carbocycles. The van der Waals surface area contributed by atoms with Crippen LogP contribution in [-0.4, -0.2) is 24.7 Å². The highest BCUT2D eigenvalue weighted by molar-refractivity contribution is 9.10. The van der Waals surface area contributed by atoms with Gasteiger partial charge >= 0.3 is 5.97 Å². The fourth-order valence-corrected chi connectivity index (χ4v) is 2.25. The van der Waals surface area contributed by atoms with E-state index in [0.717, 1.165) is 16.5 Å². The van der Waals surface area contributed by atoms with E-state index in [0.29, 0.717) is 12.2 Å². The molecule has 0 amide bonds. The number of halogens is 1. The Bertz CT molecular complexity index is 449. The van der Waals surface area contributed by atoms with Crippen LogP contribution in [0.4, 0.5) is 0 Å². The molecule has 1 aromatic carbocycles. The molecule has 0 aromatic heterocycles. The van der Waals surface area contributed by atoms with Gasteiger partial charge in [0.25, 0.3) is 0 Å². The molecule has 0 spiro atoms. The van der Waals surface area contributed by atoms with Crippen LogP contribution in [0.15, 0.2) is 22.7 Å². The Hall–Kier alpha value is -1.07. The molecule has 0 bridgehead atoms. The van der Waals surface area contributed by atoms with Crippen molar-refractivity contribution in [2.45, 2.75) is 45.8 Å². The Morgan fingerprint density at radius 1 is 1.40 bits per heavy atom. The van der Waals surface area contributed by atoms with Crippen molar-refractivity contribution >= 4 is 21.9 Å². The van der Waals surface area contributed by atoms with E-state index in [2.05, 4.69) is 15.9 Å². The SMILES string of the molecule is CCC(N)Cc1cccc(Br)c1OCC(=O)OC(C)C. The van der Waals surface area contributed by atoms with Crippen LogP contribution in [0, 0.1) is 0 Å². The zero-order valence-corrected chi connectivity index (χ0v) is 13.8. The fourth-order valence-electron chi connectivity index (χ4n) is 1.73. The molecule has 1 rings (SSSR count). The summed E-state index contributed by atoms with van der Waals surface area (Å²) in [5, 5.41) is 0. The van der Waals surface area contributed by atoms with E-state index in [1.807, 2.05) is 39.0 Å². The van der Waals surface area contributed by atoms with E-state index >= 15 is 0 Å². The predicted molar refractivity (Wildman–Crippen MR) is 82.8 cm³/mol. The van der Waals surface area contributed by atoms with Crippen LogP contribution in [0.25, 0.3) is 0 Å². The summed E-state index contributed by atoms with van der Waals surface area (Å²) >= 11 is 3.44. The van der Waals surface area contributed by atoms with Gasteiger partial charge in [-0.25, -0.2) is 4.79 Å². The van der Waals surface area contributed by atoms with Gasteiger partial charge in [0, 0.05) is 6.04 Å². The fraction of sp³-hybridized carbons (Fsp3) is 0.533. The van der Waals surface area contributed by atoms with Crippen LogP contribution in [0.2, 0.25) is 0 Å². The van der Waals surface area contributed by atoms with E-state index in [1.165, 1.54) is 0 Å². The topological polar surface area (TPSA) is 61.5 Å². The Kier molecular flexibility index (Phi) is 7.02. The summed E-state index contributed by atoms with van der Waals surface area (Å²) in [5.74, 6) is 0.290. The molecule has 0 heterocycles.